The number of carbonyl (C=O) groups is 1. The van der Waals surface area contributed by atoms with Crippen molar-refractivity contribution in [3.63, 3.8) is 0 Å². The number of ether oxygens (including phenoxy) is 1. The average molecular weight is 312 g/mol. The van der Waals surface area contributed by atoms with Crippen molar-refractivity contribution in [2.45, 2.75) is 18.9 Å². The number of benzene rings is 1. The summed E-state index contributed by atoms with van der Waals surface area (Å²) in [6.45, 7) is 3.31. The third kappa shape index (κ3) is 3.29. The number of aryl methyl sites for hydroxylation is 1. The summed E-state index contributed by atoms with van der Waals surface area (Å²) in [4.78, 5) is 20.8. The summed E-state index contributed by atoms with van der Waals surface area (Å²) in [5.41, 5.74) is 1.95. The number of para-hydroxylation sites is 1. The van der Waals surface area contributed by atoms with E-state index >= 15 is 0 Å². The third-order valence-corrected chi connectivity index (χ3v) is 3.93. The first-order valence-electron chi connectivity index (χ1n) is 6.67. The first-order chi connectivity index (χ1) is 10.6. The van der Waals surface area contributed by atoms with Crippen molar-refractivity contribution in [1.82, 2.24) is 9.97 Å². The van der Waals surface area contributed by atoms with E-state index in [9.17, 15) is 4.79 Å². The van der Waals surface area contributed by atoms with Gasteiger partial charge in [0.1, 0.15) is 10.8 Å². The minimum Gasteiger partial charge on any atom is -0.496 e. The van der Waals surface area contributed by atoms with Gasteiger partial charge in [-0.15, -0.1) is 6.42 Å². The van der Waals surface area contributed by atoms with Crippen LogP contribution < -0.4 is 4.74 Å². The van der Waals surface area contributed by atoms with E-state index in [2.05, 4.69) is 15.9 Å². The molecule has 0 aliphatic heterocycles. The Morgan fingerprint density at radius 2 is 2.09 bits per heavy atom. The summed E-state index contributed by atoms with van der Waals surface area (Å²) in [5, 5.41) is 0.610. The Labute approximate surface area is 134 Å². The second-order valence-corrected chi connectivity index (χ2v) is 5.53. The molecular weight excluding hydrogens is 296 g/mol. The van der Waals surface area contributed by atoms with Gasteiger partial charge in [0.2, 0.25) is 0 Å². The Morgan fingerprint density at radius 1 is 1.36 bits per heavy atom. The van der Waals surface area contributed by atoms with E-state index < -0.39 is 0 Å². The number of hydrogen-bond donors (Lipinski definition) is 0. The molecule has 1 heterocycles. The summed E-state index contributed by atoms with van der Waals surface area (Å²) >= 11 is 1.36. The lowest BCUT2D eigenvalue weighted by Gasteiger charge is -2.12. The second kappa shape index (κ2) is 7.10. The smallest absolute Gasteiger partial charge is 0.164 e. The minimum atomic E-state index is -0.0661. The Hall–Kier alpha value is -2.32. The lowest BCUT2D eigenvalue weighted by Crippen LogP contribution is -2.06. The molecule has 4 nitrogen and oxygen atoms in total. The maximum atomic E-state index is 11.9. The first kappa shape index (κ1) is 16.1. The molecule has 1 aromatic heterocycles. The highest BCUT2D eigenvalue weighted by molar-refractivity contribution is 7.99. The molecule has 2 aromatic rings. The standard InChI is InChI=1S/C17H16N2O2S/c1-5-10-22-17-15(12(3)20)11(2)18-16(19-17)13-8-6-7-9-14(13)21-4/h1,6-9H,10H2,2-4H3. The highest BCUT2D eigenvalue weighted by Gasteiger charge is 2.18. The van der Waals surface area contributed by atoms with Crippen LogP contribution in [0, 0.1) is 19.3 Å². The molecular formula is C17H16N2O2S. The molecule has 0 aliphatic carbocycles. The second-order valence-electron chi connectivity index (χ2n) is 4.56. The molecule has 0 atom stereocenters. The zero-order valence-electron chi connectivity index (χ0n) is 12.7. The van der Waals surface area contributed by atoms with E-state index in [0.29, 0.717) is 33.6 Å². The van der Waals surface area contributed by atoms with E-state index in [4.69, 9.17) is 11.2 Å². The molecule has 0 N–H and O–H groups in total. The van der Waals surface area contributed by atoms with E-state index in [0.717, 1.165) is 5.56 Å². The van der Waals surface area contributed by atoms with Crippen molar-refractivity contribution in [2.75, 3.05) is 12.9 Å². The van der Waals surface area contributed by atoms with E-state index in [1.54, 1.807) is 14.0 Å². The number of methoxy groups -OCH3 is 1. The molecule has 0 saturated heterocycles. The van der Waals surface area contributed by atoms with Gasteiger partial charge in [0.25, 0.3) is 0 Å². The minimum absolute atomic E-state index is 0.0661. The van der Waals surface area contributed by atoms with Gasteiger partial charge < -0.3 is 4.74 Å². The molecule has 0 unspecified atom stereocenters. The molecule has 22 heavy (non-hydrogen) atoms. The van der Waals surface area contributed by atoms with Crippen LogP contribution in [0.1, 0.15) is 23.0 Å². The number of carbonyl (C=O) groups excluding carboxylic acids is 1. The quantitative estimate of drug-likeness (QED) is 0.366. The monoisotopic (exact) mass is 312 g/mol. The zero-order chi connectivity index (χ0) is 16.1. The van der Waals surface area contributed by atoms with Crippen molar-refractivity contribution in [2.24, 2.45) is 0 Å². The highest BCUT2D eigenvalue weighted by Crippen LogP contribution is 2.31. The summed E-state index contributed by atoms with van der Waals surface area (Å²) in [5.74, 6) is 4.14. The predicted octanol–water partition coefficient (Wildman–Crippen LogP) is 3.39. The van der Waals surface area contributed by atoms with Gasteiger partial charge in [-0.2, -0.15) is 0 Å². The lowest BCUT2D eigenvalue weighted by atomic mass is 10.1. The maximum Gasteiger partial charge on any atom is 0.164 e. The molecule has 0 aliphatic rings. The van der Waals surface area contributed by atoms with Crippen molar-refractivity contribution in [3.05, 3.63) is 35.5 Å². The number of ketones is 1. The molecule has 2 rings (SSSR count). The lowest BCUT2D eigenvalue weighted by molar-refractivity contribution is 0.101. The van der Waals surface area contributed by atoms with Crippen LogP contribution in [0.2, 0.25) is 0 Å². The molecule has 1 aromatic carbocycles. The van der Waals surface area contributed by atoms with Crippen molar-refractivity contribution in [3.8, 4) is 29.5 Å². The van der Waals surface area contributed by atoms with Crippen molar-refractivity contribution in [1.29, 1.82) is 0 Å². The van der Waals surface area contributed by atoms with Crippen LogP contribution in [0.15, 0.2) is 29.3 Å². The fraction of sp³-hybridized carbons (Fsp3) is 0.235. The van der Waals surface area contributed by atoms with Gasteiger partial charge in [-0.05, 0) is 26.0 Å². The van der Waals surface area contributed by atoms with E-state index in [1.165, 1.54) is 18.7 Å². The van der Waals surface area contributed by atoms with Crippen LogP contribution >= 0.6 is 11.8 Å². The largest absolute Gasteiger partial charge is 0.496 e. The third-order valence-electron chi connectivity index (χ3n) is 3.05. The molecule has 5 heteroatoms. The molecule has 0 saturated carbocycles. The van der Waals surface area contributed by atoms with Crippen LogP contribution in [-0.2, 0) is 0 Å². The van der Waals surface area contributed by atoms with E-state index in [-0.39, 0.29) is 5.78 Å². The zero-order valence-corrected chi connectivity index (χ0v) is 13.5. The highest BCUT2D eigenvalue weighted by atomic mass is 32.2. The fourth-order valence-electron chi connectivity index (χ4n) is 2.12. The number of hydrogen-bond acceptors (Lipinski definition) is 5. The Bertz CT molecular complexity index is 751. The molecule has 0 radical (unpaired) electrons. The number of thioether (sulfide) groups is 1. The SMILES string of the molecule is C#CCSc1nc(-c2ccccc2OC)nc(C)c1C(C)=O. The number of terminal acetylenes is 1. The number of rotatable bonds is 5. The van der Waals surface area contributed by atoms with Gasteiger partial charge >= 0.3 is 0 Å². The normalized spacial score (nSPS) is 10.1. The summed E-state index contributed by atoms with van der Waals surface area (Å²) in [6.07, 6.45) is 5.32. The average Bonchev–Trinajstić information content (AvgIpc) is 2.51. The van der Waals surface area contributed by atoms with Gasteiger partial charge in [0.15, 0.2) is 11.6 Å². The predicted molar refractivity (Wildman–Crippen MR) is 88.3 cm³/mol. The molecule has 0 spiro atoms. The number of Topliss-reactive ketones (excluding diaryl/α,β-unsaturated/α-hetero) is 1. The Kier molecular flexibility index (Phi) is 5.18. The van der Waals surface area contributed by atoms with Crippen molar-refractivity contribution >= 4 is 17.5 Å². The Balaban J connectivity index is 2.61. The molecule has 0 fully saturated rings. The van der Waals surface area contributed by atoms with Crippen LogP contribution in [0.3, 0.4) is 0 Å². The maximum absolute atomic E-state index is 11.9. The topological polar surface area (TPSA) is 52.1 Å². The molecule has 0 amide bonds. The van der Waals surface area contributed by atoms with Gasteiger partial charge in [-0.1, -0.05) is 29.8 Å². The van der Waals surface area contributed by atoms with Crippen LogP contribution in [0.5, 0.6) is 5.75 Å². The van der Waals surface area contributed by atoms with Crippen LogP contribution in [0.25, 0.3) is 11.4 Å². The van der Waals surface area contributed by atoms with Gasteiger partial charge in [-0.25, -0.2) is 9.97 Å². The number of aromatic nitrogens is 2. The fourth-order valence-corrected chi connectivity index (χ4v) is 2.92. The molecule has 0 bridgehead atoms. The number of nitrogens with zero attached hydrogens (tertiary/aromatic N) is 2. The summed E-state index contributed by atoms with van der Waals surface area (Å²) in [7, 11) is 1.60. The van der Waals surface area contributed by atoms with Crippen LogP contribution in [-0.4, -0.2) is 28.6 Å². The summed E-state index contributed by atoms with van der Waals surface area (Å²) < 4.78 is 5.35. The molecule has 112 valence electrons. The van der Waals surface area contributed by atoms with Gasteiger partial charge in [0, 0.05) is 0 Å². The van der Waals surface area contributed by atoms with Gasteiger partial charge in [0.05, 0.1) is 29.7 Å². The first-order valence-corrected chi connectivity index (χ1v) is 7.66. The summed E-state index contributed by atoms with van der Waals surface area (Å²) in [6, 6.07) is 7.51. The van der Waals surface area contributed by atoms with Crippen LogP contribution in [0.4, 0.5) is 0 Å². The van der Waals surface area contributed by atoms with E-state index in [1.807, 2.05) is 24.3 Å². The van der Waals surface area contributed by atoms with Gasteiger partial charge in [-0.3, -0.25) is 4.79 Å². The van der Waals surface area contributed by atoms with Crippen molar-refractivity contribution < 1.29 is 9.53 Å². The Morgan fingerprint density at radius 3 is 2.73 bits per heavy atom.